The molecular formula is C15H19NO2. The predicted octanol–water partition coefficient (Wildman–Crippen LogP) is 3.37. The number of fused-ring (bicyclic) bond motifs is 1. The molecule has 1 heterocycles. The van der Waals surface area contributed by atoms with Gasteiger partial charge in [-0.2, -0.15) is 0 Å². The van der Waals surface area contributed by atoms with Gasteiger partial charge in [0.05, 0.1) is 19.0 Å². The molecule has 1 aromatic heterocycles. The standard InChI is InChI=1S/C13H13NO2.C2H6/c1-16-13(15)9-8-11-7-6-10-4-2-3-5-12(10)14-11;1-2/h2-7H,8-9H2,1H3;1-2H3. The van der Waals surface area contributed by atoms with E-state index in [0.29, 0.717) is 12.8 Å². The van der Waals surface area contributed by atoms with Crippen LogP contribution < -0.4 is 0 Å². The minimum Gasteiger partial charge on any atom is -0.469 e. The van der Waals surface area contributed by atoms with E-state index in [-0.39, 0.29) is 5.97 Å². The number of pyridine rings is 1. The summed E-state index contributed by atoms with van der Waals surface area (Å²) in [5, 5.41) is 1.12. The number of methoxy groups -OCH3 is 1. The van der Waals surface area contributed by atoms with Crippen molar-refractivity contribution in [2.24, 2.45) is 0 Å². The molecule has 0 aliphatic rings. The first-order valence-corrected chi connectivity index (χ1v) is 6.21. The maximum atomic E-state index is 11.0. The molecule has 0 saturated heterocycles. The van der Waals surface area contributed by atoms with Crippen molar-refractivity contribution in [1.82, 2.24) is 4.98 Å². The zero-order valence-corrected chi connectivity index (χ0v) is 11.1. The fourth-order valence-corrected chi connectivity index (χ4v) is 1.58. The molecule has 0 aliphatic heterocycles. The van der Waals surface area contributed by atoms with E-state index in [0.717, 1.165) is 16.6 Å². The first-order chi connectivity index (χ1) is 8.79. The summed E-state index contributed by atoms with van der Waals surface area (Å²) in [4.78, 5) is 15.5. The third-order valence-corrected chi connectivity index (χ3v) is 2.47. The van der Waals surface area contributed by atoms with Gasteiger partial charge < -0.3 is 4.74 Å². The maximum absolute atomic E-state index is 11.0. The highest BCUT2D eigenvalue weighted by molar-refractivity contribution is 5.78. The van der Waals surface area contributed by atoms with Crippen LogP contribution in [0.3, 0.4) is 0 Å². The lowest BCUT2D eigenvalue weighted by atomic mass is 10.1. The minimum atomic E-state index is -0.199. The molecule has 0 atom stereocenters. The molecule has 0 saturated carbocycles. The topological polar surface area (TPSA) is 39.2 Å². The number of hydrogen-bond acceptors (Lipinski definition) is 3. The van der Waals surface area contributed by atoms with Crippen molar-refractivity contribution in [3.8, 4) is 0 Å². The van der Waals surface area contributed by atoms with E-state index in [2.05, 4.69) is 9.72 Å². The van der Waals surface area contributed by atoms with Crippen LogP contribution in [-0.4, -0.2) is 18.1 Å². The predicted molar refractivity (Wildman–Crippen MR) is 73.4 cm³/mol. The van der Waals surface area contributed by atoms with Crippen LogP contribution in [0.4, 0.5) is 0 Å². The number of para-hydroxylation sites is 1. The van der Waals surface area contributed by atoms with Crippen molar-refractivity contribution in [2.45, 2.75) is 26.7 Å². The Morgan fingerprint density at radius 1 is 1.17 bits per heavy atom. The number of carbonyl (C=O) groups is 1. The summed E-state index contributed by atoms with van der Waals surface area (Å²) in [6.07, 6.45) is 0.999. The van der Waals surface area contributed by atoms with Gasteiger partial charge in [-0.1, -0.05) is 38.1 Å². The smallest absolute Gasteiger partial charge is 0.305 e. The van der Waals surface area contributed by atoms with Crippen LogP contribution in [0.25, 0.3) is 10.9 Å². The van der Waals surface area contributed by atoms with E-state index in [4.69, 9.17) is 0 Å². The molecule has 0 bridgehead atoms. The summed E-state index contributed by atoms with van der Waals surface area (Å²) in [7, 11) is 1.40. The summed E-state index contributed by atoms with van der Waals surface area (Å²) in [6, 6.07) is 11.9. The Bertz CT molecular complexity index is 509. The zero-order valence-electron chi connectivity index (χ0n) is 11.1. The SMILES string of the molecule is CC.COC(=O)CCc1ccc2ccccc2n1. The normalized spacial score (nSPS) is 9.50. The van der Waals surface area contributed by atoms with Gasteiger partial charge in [-0.3, -0.25) is 9.78 Å². The second-order valence-corrected chi connectivity index (χ2v) is 3.57. The summed E-state index contributed by atoms with van der Waals surface area (Å²) >= 11 is 0. The third-order valence-electron chi connectivity index (χ3n) is 2.47. The molecule has 96 valence electrons. The number of rotatable bonds is 3. The number of esters is 1. The highest BCUT2D eigenvalue weighted by Gasteiger charge is 2.03. The lowest BCUT2D eigenvalue weighted by Crippen LogP contribution is -2.02. The van der Waals surface area contributed by atoms with Gasteiger partial charge in [-0.05, 0) is 12.1 Å². The van der Waals surface area contributed by atoms with E-state index in [1.807, 2.05) is 50.2 Å². The van der Waals surface area contributed by atoms with Crippen LogP contribution in [0, 0.1) is 0 Å². The average Bonchev–Trinajstić information content (AvgIpc) is 2.46. The summed E-state index contributed by atoms with van der Waals surface area (Å²) in [5.74, 6) is -0.199. The number of ether oxygens (including phenoxy) is 1. The number of aryl methyl sites for hydroxylation is 1. The highest BCUT2D eigenvalue weighted by Crippen LogP contribution is 2.12. The fourth-order valence-electron chi connectivity index (χ4n) is 1.58. The molecule has 18 heavy (non-hydrogen) atoms. The van der Waals surface area contributed by atoms with Gasteiger partial charge >= 0.3 is 5.97 Å². The van der Waals surface area contributed by atoms with Crippen molar-refractivity contribution in [3.63, 3.8) is 0 Å². The Balaban J connectivity index is 0.000000771. The minimum absolute atomic E-state index is 0.199. The lowest BCUT2D eigenvalue weighted by Gasteiger charge is -2.02. The van der Waals surface area contributed by atoms with Crippen LogP contribution in [0.5, 0.6) is 0 Å². The molecule has 0 fully saturated rings. The van der Waals surface area contributed by atoms with E-state index in [1.165, 1.54) is 7.11 Å². The maximum Gasteiger partial charge on any atom is 0.305 e. The van der Waals surface area contributed by atoms with Gasteiger partial charge in [-0.25, -0.2) is 0 Å². The molecule has 2 rings (SSSR count). The van der Waals surface area contributed by atoms with Gasteiger partial charge in [-0.15, -0.1) is 0 Å². The molecule has 0 spiro atoms. The first-order valence-electron chi connectivity index (χ1n) is 6.21. The molecule has 0 amide bonds. The first kappa shape index (κ1) is 14.2. The molecule has 0 aliphatic carbocycles. The van der Waals surface area contributed by atoms with Crippen molar-refractivity contribution >= 4 is 16.9 Å². The Kier molecular flexibility index (Phi) is 5.85. The van der Waals surface area contributed by atoms with Crippen molar-refractivity contribution in [1.29, 1.82) is 0 Å². The van der Waals surface area contributed by atoms with Crippen LogP contribution in [0.1, 0.15) is 26.0 Å². The Labute approximate surface area is 108 Å². The van der Waals surface area contributed by atoms with Gasteiger partial charge in [0.2, 0.25) is 0 Å². The Morgan fingerprint density at radius 2 is 1.89 bits per heavy atom. The van der Waals surface area contributed by atoms with Crippen LogP contribution in [0.15, 0.2) is 36.4 Å². The summed E-state index contributed by atoms with van der Waals surface area (Å²) in [6.45, 7) is 4.00. The monoisotopic (exact) mass is 245 g/mol. The van der Waals surface area contributed by atoms with Gasteiger partial charge in [0.25, 0.3) is 0 Å². The summed E-state index contributed by atoms with van der Waals surface area (Å²) in [5.41, 5.74) is 1.88. The number of carbonyl (C=O) groups excluding carboxylic acids is 1. The quantitative estimate of drug-likeness (QED) is 0.778. The van der Waals surface area contributed by atoms with Crippen LogP contribution in [0.2, 0.25) is 0 Å². The highest BCUT2D eigenvalue weighted by atomic mass is 16.5. The number of aromatic nitrogens is 1. The molecule has 0 radical (unpaired) electrons. The Hall–Kier alpha value is -1.90. The van der Waals surface area contributed by atoms with Crippen molar-refractivity contribution in [2.75, 3.05) is 7.11 Å². The second-order valence-electron chi connectivity index (χ2n) is 3.57. The van der Waals surface area contributed by atoms with Crippen LogP contribution in [-0.2, 0) is 16.0 Å². The van der Waals surface area contributed by atoms with Gasteiger partial charge in [0, 0.05) is 17.5 Å². The van der Waals surface area contributed by atoms with E-state index in [1.54, 1.807) is 0 Å². The molecule has 2 aromatic rings. The molecule has 3 heteroatoms. The number of nitrogens with zero attached hydrogens (tertiary/aromatic N) is 1. The fraction of sp³-hybridized carbons (Fsp3) is 0.333. The number of hydrogen-bond donors (Lipinski definition) is 0. The van der Waals surface area contributed by atoms with Crippen molar-refractivity contribution < 1.29 is 9.53 Å². The Morgan fingerprint density at radius 3 is 2.61 bits per heavy atom. The summed E-state index contributed by atoms with van der Waals surface area (Å²) < 4.78 is 4.59. The second kappa shape index (κ2) is 7.43. The third kappa shape index (κ3) is 3.84. The molecule has 3 nitrogen and oxygen atoms in total. The average molecular weight is 245 g/mol. The van der Waals surface area contributed by atoms with Crippen molar-refractivity contribution in [3.05, 3.63) is 42.1 Å². The van der Waals surface area contributed by atoms with Gasteiger partial charge in [0.15, 0.2) is 0 Å². The molecule has 0 N–H and O–H groups in total. The van der Waals surface area contributed by atoms with E-state index >= 15 is 0 Å². The lowest BCUT2D eigenvalue weighted by molar-refractivity contribution is -0.140. The zero-order chi connectivity index (χ0) is 13.4. The number of benzene rings is 1. The molecule has 1 aromatic carbocycles. The van der Waals surface area contributed by atoms with Crippen LogP contribution >= 0.6 is 0 Å². The van der Waals surface area contributed by atoms with E-state index in [9.17, 15) is 4.79 Å². The molecule has 0 unspecified atom stereocenters. The van der Waals surface area contributed by atoms with E-state index < -0.39 is 0 Å². The van der Waals surface area contributed by atoms with Gasteiger partial charge in [0.1, 0.15) is 0 Å². The largest absolute Gasteiger partial charge is 0.469 e. The molecular weight excluding hydrogens is 226 g/mol.